The molecule has 0 radical (unpaired) electrons. The van der Waals surface area contributed by atoms with Gasteiger partial charge >= 0.3 is 17.9 Å². The summed E-state index contributed by atoms with van der Waals surface area (Å²) in [6, 6.07) is 3.69. The van der Waals surface area contributed by atoms with E-state index in [0.29, 0.717) is 0 Å². The molecule has 0 saturated carbocycles. The molecule has 0 bridgehead atoms. The van der Waals surface area contributed by atoms with Gasteiger partial charge in [-0.25, -0.2) is 18.8 Å². The van der Waals surface area contributed by atoms with Crippen LogP contribution in [0.4, 0.5) is 10.1 Å². The van der Waals surface area contributed by atoms with Crippen LogP contribution < -0.4 is 5.32 Å². The molecule has 0 aliphatic carbocycles. The van der Waals surface area contributed by atoms with Crippen LogP contribution in [0.3, 0.4) is 0 Å². The standard InChI is InChI=1S/C18H20FNO6/c1-17(2,3)24-14(21)11-7-6-10(8-13(11)19)20-9-12-15(22)25-18(4,5)26-16(12)23/h6-9,20H,1-5H3. The Morgan fingerprint density at radius 3 is 2.27 bits per heavy atom. The van der Waals surface area contributed by atoms with E-state index in [1.54, 1.807) is 20.8 Å². The Balaban J connectivity index is 2.14. The second-order valence-electron chi connectivity index (χ2n) is 7.08. The summed E-state index contributed by atoms with van der Waals surface area (Å²) in [5.74, 6) is -4.65. The van der Waals surface area contributed by atoms with Crippen molar-refractivity contribution in [2.24, 2.45) is 0 Å². The maximum Gasteiger partial charge on any atom is 0.350 e. The van der Waals surface area contributed by atoms with Crippen LogP contribution >= 0.6 is 0 Å². The monoisotopic (exact) mass is 365 g/mol. The van der Waals surface area contributed by atoms with E-state index in [1.165, 1.54) is 26.0 Å². The van der Waals surface area contributed by atoms with Crippen LogP contribution in [-0.2, 0) is 23.8 Å². The van der Waals surface area contributed by atoms with Gasteiger partial charge in [0, 0.05) is 25.7 Å². The molecule has 1 heterocycles. The van der Waals surface area contributed by atoms with Crippen LogP contribution in [-0.4, -0.2) is 29.3 Å². The number of anilines is 1. The summed E-state index contributed by atoms with van der Waals surface area (Å²) in [4.78, 5) is 35.6. The predicted molar refractivity (Wildman–Crippen MR) is 89.5 cm³/mol. The summed E-state index contributed by atoms with van der Waals surface area (Å²) >= 11 is 0. The molecule has 0 unspecified atom stereocenters. The quantitative estimate of drug-likeness (QED) is 0.500. The zero-order chi connectivity index (χ0) is 19.7. The summed E-state index contributed by atoms with van der Waals surface area (Å²) < 4.78 is 29.1. The molecule has 1 aliphatic rings. The number of carbonyl (C=O) groups excluding carboxylic acids is 3. The fraction of sp³-hybridized carbons (Fsp3) is 0.389. The number of benzene rings is 1. The Kier molecular flexibility index (Phi) is 5.06. The first-order valence-corrected chi connectivity index (χ1v) is 7.84. The molecule has 1 aromatic rings. The first-order valence-electron chi connectivity index (χ1n) is 7.84. The summed E-state index contributed by atoms with van der Waals surface area (Å²) in [5, 5.41) is 2.60. The molecule has 0 amide bonds. The van der Waals surface area contributed by atoms with Gasteiger partial charge in [0.1, 0.15) is 11.4 Å². The SMILES string of the molecule is CC(C)(C)OC(=O)c1ccc(NC=C2C(=O)OC(C)(C)OC2=O)cc1F. The average molecular weight is 365 g/mol. The van der Waals surface area contributed by atoms with E-state index in [1.807, 2.05) is 0 Å². The molecule has 7 nitrogen and oxygen atoms in total. The van der Waals surface area contributed by atoms with Crippen molar-refractivity contribution in [3.05, 3.63) is 41.4 Å². The number of cyclic esters (lactones) is 2. The van der Waals surface area contributed by atoms with Crippen molar-refractivity contribution >= 4 is 23.6 Å². The van der Waals surface area contributed by atoms with Crippen molar-refractivity contribution in [3.8, 4) is 0 Å². The summed E-state index contributed by atoms with van der Waals surface area (Å²) in [6.07, 6.45) is 1.06. The normalized spacial score (nSPS) is 16.5. The van der Waals surface area contributed by atoms with E-state index in [-0.39, 0.29) is 16.8 Å². The third-order valence-electron chi connectivity index (χ3n) is 3.09. The summed E-state index contributed by atoms with van der Waals surface area (Å²) in [7, 11) is 0. The first-order chi connectivity index (χ1) is 11.9. The number of carbonyl (C=O) groups is 3. The van der Waals surface area contributed by atoms with E-state index in [2.05, 4.69) is 5.32 Å². The minimum absolute atomic E-state index is 0.216. The molecule has 0 spiro atoms. The predicted octanol–water partition coefficient (Wildman–Crippen LogP) is 2.91. The molecular formula is C18H20FNO6. The van der Waals surface area contributed by atoms with Crippen LogP contribution in [0.25, 0.3) is 0 Å². The van der Waals surface area contributed by atoms with E-state index in [4.69, 9.17) is 14.2 Å². The number of nitrogens with one attached hydrogen (secondary N) is 1. The van der Waals surface area contributed by atoms with Crippen molar-refractivity contribution < 1.29 is 33.0 Å². The van der Waals surface area contributed by atoms with Gasteiger partial charge < -0.3 is 19.5 Å². The molecule has 1 aromatic carbocycles. The first kappa shape index (κ1) is 19.4. The highest BCUT2D eigenvalue weighted by atomic mass is 19.1. The van der Waals surface area contributed by atoms with Crippen LogP contribution in [0.5, 0.6) is 0 Å². The van der Waals surface area contributed by atoms with Gasteiger partial charge in [-0.15, -0.1) is 0 Å². The van der Waals surface area contributed by atoms with E-state index in [0.717, 1.165) is 12.3 Å². The molecule has 0 aromatic heterocycles. The maximum absolute atomic E-state index is 14.2. The Morgan fingerprint density at radius 2 is 1.77 bits per heavy atom. The number of rotatable bonds is 3. The van der Waals surface area contributed by atoms with Gasteiger partial charge in [-0.1, -0.05) is 0 Å². The highest BCUT2D eigenvalue weighted by Crippen LogP contribution is 2.23. The molecular weight excluding hydrogens is 345 g/mol. The third kappa shape index (κ3) is 4.81. The number of halogens is 1. The Bertz CT molecular complexity index is 769. The molecule has 0 atom stereocenters. The third-order valence-corrected chi connectivity index (χ3v) is 3.09. The minimum Gasteiger partial charge on any atom is -0.456 e. The van der Waals surface area contributed by atoms with Crippen LogP contribution in [0.2, 0.25) is 0 Å². The lowest BCUT2D eigenvalue weighted by Crippen LogP contribution is -2.42. The minimum atomic E-state index is -1.34. The topological polar surface area (TPSA) is 90.9 Å². The number of hydrogen-bond donors (Lipinski definition) is 1. The van der Waals surface area contributed by atoms with Gasteiger partial charge in [0.2, 0.25) is 0 Å². The molecule has 140 valence electrons. The lowest BCUT2D eigenvalue weighted by Gasteiger charge is -2.29. The smallest absolute Gasteiger partial charge is 0.350 e. The van der Waals surface area contributed by atoms with Gasteiger partial charge in [-0.2, -0.15) is 0 Å². The fourth-order valence-electron chi connectivity index (χ4n) is 2.04. The van der Waals surface area contributed by atoms with Crippen molar-refractivity contribution in [3.63, 3.8) is 0 Å². The Labute approximate surface area is 150 Å². The average Bonchev–Trinajstić information content (AvgIpc) is 2.43. The molecule has 2 rings (SSSR count). The second-order valence-corrected chi connectivity index (χ2v) is 7.08. The summed E-state index contributed by atoms with van der Waals surface area (Å²) in [6.45, 7) is 7.88. The number of hydrogen-bond acceptors (Lipinski definition) is 7. The lowest BCUT2D eigenvalue weighted by atomic mass is 10.1. The highest BCUT2D eigenvalue weighted by molar-refractivity contribution is 6.15. The molecule has 1 fully saturated rings. The highest BCUT2D eigenvalue weighted by Gasteiger charge is 2.38. The van der Waals surface area contributed by atoms with Gasteiger partial charge in [0.25, 0.3) is 5.79 Å². The summed E-state index contributed by atoms with van der Waals surface area (Å²) in [5.41, 5.74) is -1.12. The largest absolute Gasteiger partial charge is 0.456 e. The molecule has 26 heavy (non-hydrogen) atoms. The number of esters is 3. The molecule has 1 saturated heterocycles. The van der Waals surface area contributed by atoms with E-state index < -0.39 is 35.1 Å². The van der Waals surface area contributed by atoms with E-state index in [9.17, 15) is 18.8 Å². The Hall–Kier alpha value is -2.90. The molecule has 1 aliphatic heterocycles. The van der Waals surface area contributed by atoms with Crippen LogP contribution in [0.1, 0.15) is 45.0 Å². The zero-order valence-corrected chi connectivity index (χ0v) is 15.1. The van der Waals surface area contributed by atoms with Crippen molar-refractivity contribution in [2.75, 3.05) is 5.32 Å². The van der Waals surface area contributed by atoms with Gasteiger partial charge in [-0.3, -0.25) is 0 Å². The lowest BCUT2D eigenvalue weighted by molar-refractivity contribution is -0.222. The Morgan fingerprint density at radius 1 is 1.19 bits per heavy atom. The second kappa shape index (κ2) is 6.78. The van der Waals surface area contributed by atoms with Crippen LogP contribution in [0, 0.1) is 5.82 Å². The van der Waals surface area contributed by atoms with Crippen molar-refractivity contribution in [1.82, 2.24) is 0 Å². The number of ether oxygens (including phenoxy) is 3. The van der Waals surface area contributed by atoms with Gasteiger partial charge in [-0.05, 0) is 39.0 Å². The van der Waals surface area contributed by atoms with Crippen molar-refractivity contribution in [2.45, 2.75) is 46.0 Å². The maximum atomic E-state index is 14.2. The van der Waals surface area contributed by atoms with E-state index >= 15 is 0 Å². The molecule has 8 heteroatoms. The zero-order valence-electron chi connectivity index (χ0n) is 15.1. The molecule has 1 N–H and O–H groups in total. The van der Waals surface area contributed by atoms with Crippen LogP contribution in [0.15, 0.2) is 30.0 Å². The van der Waals surface area contributed by atoms with Gasteiger partial charge in [0.05, 0.1) is 5.56 Å². The van der Waals surface area contributed by atoms with Gasteiger partial charge in [0.15, 0.2) is 5.57 Å². The van der Waals surface area contributed by atoms with Crippen molar-refractivity contribution in [1.29, 1.82) is 0 Å². The fourth-order valence-corrected chi connectivity index (χ4v) is 2.04.